The van der Waals surface area contributed by atoms with Gasteiger partial charge in [0.2, 0.25) is 15.9 Å². The summed E-state index contributed by atoms with van der Waals surface area (Å²) in [5.41, 5.74) is 0.596. The van der Waals surface area contributed by atoms with Gasteiger partial charge in [-0.25, -0.2) is 8.42 Å². The summed E-state index contributed by atoms with van der Waals surface area (Å²) in [6, 6.07) is 9.49. The number of aliphatic hydroxyl groups excluding tert-OH is 1. The highest BCUT2D eigenvalue weighted by molar-refractivity contribution is 7.89. The van der Waals surface area contributed by atoms with E-state index in [1.807, 2.05) is 0 Å². The number of nitrogens with one attached hydrogen (secondary N) is 1. The van der Waals surface area contributed by atoms with Gasteiger partial charge in [-0.15, -0.1) is 0 Å². The monoisotopic (exact) mass is 472 g/mol. The predicted octanol–water partition coefficient (Wildman–Crippen LogP) is 0.256. The van der Waals surface area contributed by atoms with E-state index in [0.717, 1.165) is 4.90 Å². The highest BCUT2D eigenvalue weighted by atomic mass is 32.2. The number of piperidine rings is 1. The molecule has 11 heteroatoms. The minimum absolute atomic E-state index is 0.115. The van der Waals surface area contributed by atoms with Gasteiger partial charge in [0.05, 0.1) is 23.8 Å². The van der Waals surface area contributed by atoms with Gasteiger partial charge in [0, 0.05) is 37.9 Å². The van der Waals surface area contributed by atoms with Gasteiger partial charge >= 0.3 is 0 Å². The fourth-order valence-corrected chi connectivity index (χ4v) is 5.48. The molecular formula is C22H24N4O6S. The van der Waals surface area contributed by atoms with Crippen molar-refractivity contribution in [3.8, 4) is 0 Å². The Morgan fingerprint density at radius 2 is 1.73 bits per heavy atom. The number of carbonyl (C=O) groups is 3. The molecule has 2 aliphatic rings. The molecule has 33 heavy (non-hydrogen) atoms. The van der Waals surface area contributed by atoms with Crippen molar-refractivity contribution in [2.75, 3.05) is 26.2 Å². The average Bonchev–Trinajstić information content (AvgIpc) is 3.08. The molecule has 1 saturated heterocycles. The lowest BCUT2D eigenvalue weighted by Crippen LogP contribution is -2.46. The topological polar surface area (TPSA) is 137 Å². The fourth-order valence-electron chi connectivity index (χ4n) is 4.05. The van der Waals surface area contributed by atoms with Gasteiger partial charge in [0.15, 0.2) is 0 Å². The Kier molecular flexibility index (Phi) is 6.54. The number of aromatic nitrogens is 1. The highest BCUT2D eigenvalue weighted by Gasteiger charge is 2.36. The van der Waals surface area contributed by atoms with Crippen molar-refractivity contribution in [1.82, 2.24) is 19.5 Å². The number of imide groups is 1. The lowest BCUT2D eigenvalue weighted by atomic mass is 9.97. The number of rotatable bonds is 7. The van der Waals surface area contributed by atoms with Crippen molar-refractivity contribution in [2.45, 2.75) is 23.8 Å². The van der Waals surface area contributed by atoms with Crippen molar-refractivity contribution in [3.63, 3.8) is 0 Å². The van der Waals surface area contributed by atoms with Crippen LogP contribution in [0, 0.1) is 5.92 Å². The van der Waals surface area contributed by atoms with E-state index in [2.05, 4.69) is 10.3 Å². The first-order chi connectivity index (χ1) is 15.8. The Balaban J connectivity index is 1.26. The molecule has 0 aliphatic carbocycles. The molecule has 174 valence electrons. The molecular weight excluding hydrogens is 448 g/mol. The summed E-state index contributed by atoms with van der Waals surface area (Å²) in [7, 11) is -3.65. The lowest BCUT2D eigenvalue weighted by Gasteiger charge is -2.30. The molecule has 0 saturated carbocycles. The van der Waals surface area contributed by atoms with E-state index in [1.54, 1.807) is 30.3 Å². The lowest BCUT2D eigenvalue weighted by molar-refractivity contribution is -0.126. The number of sulfonamides is 1. The Morgan fingerprint density at radius 3 is 2.30 bits per heavy atom. The zero-order valence-corrected chi connectivity index (χ0v) is 18.6. The quantitative estimate of drug-likeness (QED) is 0.551. The van der Waals surface area contributed by atoms with Crippen LogP contribution in [0.3, 0.4) is 0 Å². The first-order valence-electron chi connectivity index (χ1n) is 10.6. The number of hydrogen-bond acceptors (Lipinski definition) is 7. The fraction of sp³-hybridized carbons (Fsp3) is 0.364. The normalized spacial score (nSPS) is 18.3. The number of amides is 3. The zero-order valence-electron chi connectivity index (χ0n) is 17.8. The number of β-amino-alcohol motifs (C(OH)–C–C–N with tert-alkyl or cyclic N) is 1. The molecule has 1 atom stereocenters. The number of hydrogen-bond donors (Lipinski definition) is 2. The van der Waals surface area contributed by atoms with E-state index in [1.165, 1.54) is 22.8 Å². The molecule has 4 rings (SSSR count). The van der Waals surface area contributed by atoms with E-state index in [-0.39, 0.29) is 37.0 Å². The third-order valence-electron chi connectivity index (χ3n) is 5.88. The molecule has 0 spiro atoms. The van der Waals surface area contributed by atoms with Gasteiger partial charge in [-0.3, -0.25) is 24.3 Å². The second-order valence-electron chi connectivity index (χ2n) is 8.03. The molecule has 1 aromatic carbocycles. The van der Waals surface area contributed by atoms with Crippen molar-refractivity contribution < 1.29 is 27.9 Å². The number of nitrogens with zero attached hydrogens (tertiary/aromatic N) is 3. The van der Waals surface area contributed by atoms with Gasteiger partial charge in [-0.2, -0.15) is 4.31 Å². The molecule has 2 aliphatic heterocycles. The van der Waals surface area contributed by atoms with Crippen LogP contribution in [0.5, 0.6) is 0 Å². The first kappa shape index (κ1) is 23.0. The minimum Gasteiger partial charge on any atom is -0.389 e. The van der Waals surface area contributed by atoms with E-state index in [0.29, 0.717) is 24.0 Å². The second-order valence-corrected chi connectivity index (χ2v) is 9.97. The number of benzene rings is 1. The summed E-state index contributed by atoms with van der Waals surface area (Å²) in [6.07, 6.45) is 2.37. The molecule has 2 N–H and O–H groups in total. The summed E-state index contributed by atoms with van der Waals surface area (Å²) in [5, 5.41) is 12.9. The van der Waals surface area contributed by atoms with Crippen LogP contribution in [-0.4, -0.2) is 77.7 Å². The van der Waals surface area contributed by atoms with Crippen LogP contribution in [0.15, 0.2) is 53.7 Å². The molecule has 10 nitrogen and oxygen atoms in total. The molecule has 1 aromatic heterocycles. The van der Waals surface area contributed by atoms with Crippen LogP contribution in [0.2, 0.25) is 0 Å². The van der Waals surface area contributed by atoms with E-state index < -0.39 is 33.9 Å². The number of fused-ring (bicyclic) bond motifs is 1. The van der Waals surface area contributed by atoms with E-state index in [4.69, 9.17) is 0 Å². The Labute approximate surface area is 191 Å². The van der Waals surface area contributed by atoms with Crippen molar-refractivity contribution in [1.29, 1.82) is 0 Å². The van der Waals surface area contributed by atoms with Gasteiger partial charge in [-0.1, -0.05) is 12.1 Å². The maximum atomic E-state index is 12.7. The standard InChI is InChI=1S/C22H24N4O6S/c27-16(14-26-21(29)18-5-1-2-6-19(18)22(26)30)12-24-20(28)15-7-10-25(11-8-15)33(31,32)17-4-3-9-23-13-17/h1-6,9,13,15-16,27H,7-8,10-12,14H2,(H,24,28)/t16-/m0/s1. The van der Waals surface area contributed by atoms with Crippen LogP contribution in [0.1, 0.15) is 33.6 Å². The minimum atomic E-state index is -3.65. The summed E-state index contributed by atoms with van der Waals surface area (Å²) < 4.78 is 26.7. The van der Waals surface area contributed by atoms with Crippen LogP contribution in [0.25, 0.3) is 0 Å². The summed E-state index contributed by atoms with van der Waals surface area (Å²) in [4.78, 5) is 42.2. The summed E-state index contributed by atoms with van der Waals surface area (Å²) >= 11 is 0. The van der Waals surface area contributed by atoms with Crippen molar-refractivity contribution in [2.24, 2.45) is 5.92 Å². The average molecular weight is 473 g/mol. The molecule has 1 fully saturated rings. The third-order valence-corrected chi connectivity index (χ3v) is 7.76. The Morgan fingerprint density at radius 1 is 1.09 bits per heavy atom. The maximum absolute atomic E-state index is 12.7. The second kappa shape index (κ2) is 9.38. The molecule has 0 unspecified atom stereocenters. The first-order valence-corrected chi connectivity index (χ1v) is 12.0. The summed E-state index contributed by atoms with van der Waals surface area (Å²) in [5.74, 6) is -1.63. The summed E-state index contributed by atoms with van der Waals surface area (Å²) in [6.45, 7) is 0.0503. The van der Waals surface area contributed by atoms with Crippen LogP contribution >= 0.6 is 0 Å². The predicted molar refractivity (Wildman–Crippen MR) is 117 cm³/mol. The Hall–Kier alpha value is -3.15. The molecule has 3 amide bonds. The number of carbonyl (C=O) groups excluding carboxylic acids is 3. The van der Waals surface area contributed by atoms with Gasteiger partial charge in [-0.05, 0) is 37.1 Å². The van der Waals surface area contributed by atoms with Gasteiger partial charge in [0.25, 0.3) is 11.8 Å². The van der Waals surface area contributed by atoms with E-state index >= 15 is 0 Å². The number of aliphatic hydroxyl groups is 1. The highest BCUT2D eigenvalue weighted by Crippen LogP contribution is 2.24. The smallest absolute Gasteiger partial charge is 0.261 e. The molecule has 0 radical (unpaired) electrons. The SMILES string of the molecule is O=C(NC[C@H](O)CN1C(=O)c2ccccc2C1=O)C1CCN(S(=O)(=O)c2cccnc2)CC1. The van der Waals surface area contributed by atoms with Crippen molar-refractivity contribution in [3.05, 3.63) is 59.9 Å². The molecule has 3 heterocycles. The third kappa shape index (κ3) is 4.65. The van der Waals surface area contributed by atoms with Crippen LogP contribution < -0.4 is 5.32 Å². The molecule has 2 aromatic rings. The van der Waals surface area contributed by atoms with Crippen LogP contribution in [0.4, 0.5) is 0 Å². The number of pyridine rings is 1. The van der Waals surface area contributed by atoms with E-state index in [9.17, 15) is 27.9 Å². The van der Waals surface area contributed by atoms with Gasteiger partial charge < -0.3 is 10.4 Å². The Bertz CT molecular complexity index is 1130. The maximum Gasteiger partial charge on any atom is 0.261 e. The van der Waals surface area contributed by atoms with Crippen LogP contribution in [-0.2, 0) is 14.8 Å². The van der Waals surface area contributed by atoms with Gasteiger partial charge in [0.1, 0.15) is 4.90 Å². The largest absolute Gasteiger partial charge is 0.389 e. The zero-order chi connectivity index (χ0) is 23.6. The van der Waals surface area contributed by atoms with Crippen molar-refractivity contribution >= 4 is 27.7 Å². The molecule has 0 bridgehead atoms.